The van der Waals surface area contributed by atoms with Crippen LogP contribution in [0.15, 0.2) is 29.1 Å². The Bertz CT molecular complexity index is 725. The molecule has 0 radical (unpaired) electrons. The maximum Gasteiger partial charge on any atom is 0.431 e. The van der Waals surface area contributed by atoms with Crippen LogP contribution >= 0.6 is 34.8 Å². The predicted octanol–water partition coefficient (Wildman–Crippen LogP) is 5.02. The second-order valence-electron chi connectivity index (χ2n) is 3.89. The lowest BCUT2D eigenvalue weighted by Crippen LogP contribution is -2.15. The molecule has 0 saturated carbocycles. The highest BCUT2D eigenvalue weighted by molar-refractivity contribution is 6.44. The van der Waals surface area contributed by atoms with Crippen LogP contribution in [0.5, 0.6) is 0 Å². The average molecular weight is 343 g/mol. The predicted molar refractivity (Wildman–Crippen MR) is 72.5 cm³/mol. The number of benzene rings is 1. The number of aromatic nitrogens is 1. The van der Waals surface area contributed by atoms with Crippen molar-refractivity contribution < 1.29 is 13.2 Å². The van der Waals surface area contributed by atoms with Crippen LogP contribution in [-0.2, 0) is 6.18 Å². The monoisotopic (exact) mass is 341 g/mol. The summed E-state index contributed by atoms with van der Waals surface area (Å²) in [6.45, 7) is 0. The summed E-state index contributed by atoms with van der Waals surface area (Å²) in [5.41, 5.74) is -1.86. The smallest absolute Gasteiger partial charge is 0.318 e. The molecule has 0 saturated heterocycles. The number of H-pyrrole nitrogens is 1. The van der Waals surface area contributed by atoms with Crippen LogP contribution in [0.2, 0.25) is 15.1 Å². The summed E-state index contributed by atoms with van der Waals surface area (Å²) in [5, 5.41) is 0.388. The van der Waals surface area contributed by atoms with Crippen molar-refractivity contribution in [2.45, 2.75) is 6.18 Å². The van der Waals surface area contributed by atoms with Gasteiger partial charge in [0.2, 0.25) is 5.56 Å². The van der Waals surface area contributed by atoms with Crippen molar-refractivity contribution in [3.63, 3.8) is 0 Å². The van der Waals surface area contributed by atoms with Gasteiger partial charge in [-0.15, -0.1) is 0 Å². The molecule has 0 aliphatic heterocycles. The van der Waals surface area contributed by atoms with Gasteiger partial charge in [0.1, 0.15) is 5.69 Å². The first-order chi connectivity index (χ1) is 9.18. The molecule has 0 spiro atoms. The third kappa shape index (κ3) is 3.11. The van der Waals surface area contributed by atoms with Crippen molar-refractivity contribution in [2.24, 2.45) is 0 Å². The molecule has 0 aliphatic carbocycles. The van der Waals surface area contributed by atoms with Gasteiger partial charge >= 0.3 is 6.18 Å². The number of aromatic amines is 1. The first-order valence-corrected chi connectivity index (χ1v) is 6.28. The highest BCUT2D eigenvalue weighted by Gasteiger charge is 2.32. The maximum absolute atomic E-state index is 12.7. The molecule has 20 heavy (non-hydrogen) atoms. The number of alkyl halides is 3. The Morgan fingerprint density at radius 2 is 1.50 bits per heavy atom. The van der Waals surface area contributed by atoms with Gasteiger partial charge in [-0.2, -0.15) is 13.2 Å². The van der Waals surface area contributed by atoms with Crippen LogP contribution in [0.25, 0.3) is 11.1 Å². The number of hydrogen-bond acceptors (Lipinski definition) is 1. The second-order valence-corrected chi connectivity index (χ2v) is 5.11. The van der Waals surface area contributed by atoms with E-state index in [9.17, 15) is 18.0 Å². The van der Waals surface area contributed by atoms with E-state index in [2.05, 4.69) is 0 Å². The van der Waals surface area contributed by atoms with E-state index in [1.807, 2.05) is 0 Å². The molecule has 0 atom stereocenters. The molecule has 0 amide bonds. The summed E-state index contributed by atoms with van der Waals surface area (Å²) in [6.07, 6.45) is -4.67. The number of hydrogen-bond donors (Lipinski definition) is 1. The van der Waals surface area contributed by atoms with Crippen molar-refractivity contribution >= 4 is 34.8 Å². The van der Waals surface area contributed by atoms with Gasteiger partial charge in [0.25, 0.3) is 0 Å². The van der Waals surface area contributed by atoms with Gasteiger partial charge in [0.05, 0.1) is 10.0 Å². The van der Waals surface area contributed by atoms with Crippen molar-refractivity contribution in [1.82, 2.24) is 4.98 Å². The Balaban J connectivity index is 2.68. The molecule has 1 heterocycles. The van der Waals surface area contributed by atoms with Crippen molar-refractivity contribution in [2.75, 3.05) is 0 Å². The van der Waals surface area contributed by atoms with Gasteiger partial charge in [-0.1, -0.05) is 34.8 Å². The zero-order valence-electron chi connectivity index (χ0n) is 9.49. The molecule has 1 aromatic carbocycles. The fourth-order valence-electron chi connectivity index (χ4n) is 1.60. The minimum atomic E-state index is -4.67. The number of pyridine rings is 1. The molecular weight excluding hydrogens is 337 g/mol. The lowest BCUT2D eigenvalue weighted by atomic mass is 10.1. The van der Waals surface area contributed by atoms with Crippen LogP contribution in [0.4, 0.5) is 13.2 Å². The van der Waals surface area contributed by atoms with Crippen molar-refractivity contribution in [3.8, 4) is 11.1 Å². The van der Waals surface area contributed by atoms with Crippen molar-refractivity contribution in [1.29, 1.82) is 0 Å². The zero-order chi connectivity index (χ0) is 15.1. The highest BCUT2D eigenvalue weighted by atomic mass is 35.5. The molecule has 1 aromatic heterocycles. The summed E-state index contributed by atoms with van der Waals surface area (Å²) < 4.78 is 38.0. The van der Waals surface area contributed by atoms with Crippen LogP contribution in [0.1, 0.15) is 5.69 Å². The van der Waals surface area contributed by atoms with Gasteiger partial charge in [0, 0.05) is 16.7 Å². The lowest BCUT2D eigenvalue weighted by Gasteiger charge is -2.10. The van der Waals surface area contributed by atoms with Crippen molar-refractivity contribution in [3.05, 3.63) is 55.4 Å². The van der Waals surface area contributed by atoms with Gasteiger partial charge in [-0.3, -0.25) is 4.79 Å². The molecule has 0 fully saturated rings. The summed E-state index contributed by atoms with van der Waals surface area (Å²) in [7, 11) is 0. The van der Waals surface area contributed by atoms with Crippen LogP contribution < -0.4 is 5.56 Å². The summed E-state index contributed by atoms with van der Waals surface area (Å²) in [6, 6.07) is 4.39. The standard InChI is InChI=1S/C12H5Cl3F3NO/c13-7-4-9(15)8(14)3-6(7)5-1-10(12(16,17)18)19-11(20)2-5/h1-4H,(H,19,20). The normalized spacial score (nSPS) is 11.7. The summed E-state index contributed by atoms with van der Waals surface area (Å²) in [4.78, 5) is 13.1. The molecule has 0 bridgehead atoms. The highest BCUT2D eigenvalue weighted by Crippen LogP contribution is 2.36. The Kier molecular flexibility index (Phi) is 4.04. The number of halogens is 6. The first kappa shape index (κ1) is 15.2. The third-order valence-electron chi connectivity index (χ3n) is 2.47. The van der Waals surface area contributed by atoms with Crippen LogP contribution in [0.3, 0.4) is 0 Å². The molecule has 0 unspecified atom stereocenters. The van der Waals surface area contributed by atoms with E-state index in [0.717, 1.165) is 12.1 Å². The van der Waals surface area contributed by atoms with E-state index in [1.165, 1.54) is 12.1 Å². The quantitative estimate of drug-likeness (QED) is 0.725. The van der Waals surface area contributed by atoms with Gasteiger partial charge < -0.3 is 4.98 Å². The second kappa shape index (κ2) is 5.31. The Morgan fingerprint density at radius 3 is 2.10 bits per heavy atom. The maximum atomic E-state index is 12.7. The molecule has 2 rings (SSSR count). The third-order valence-corrected chi connectivity index (χ3v) is 3.51. The Hall–Kier alpha value is -1.17. The van der Waals surface area contributed by atoms with Gasteiger partial charge in [0.15, 0.2) is 0 Å². The van der Waals surface area contributed by atoms with Gasteiger partial charge in [-0.05, 0) is 23.8 Å². The minimum absolute atomic E-state index is 0.00430. The number of rotatable bonds is 1. The molecule has 2 nitrogen and oxygen atoms in total. The fourth-order valence-corrected chi connectivity index (χ4v) is 2.25. The van der Waals surface area contributed by atoms with Crippen LogP contribution in [-0.4, -0.2) is 4.98 Å². The van der Waals surface area contributed by atoms with E-state index in [-0.39, 0.29) is 26.2 Å². The lowest BCUT2D eigenvalue weighted by molar-refractivity contribution is -0.141. The zero-order valence-corrected chi connectivity index (χ0v) is 11.8. The molecular formula is C12H5Cl3F3NO. The van der Waals surface area contributed by atoms with E-state index in [0.29, 0.717) is 0 Å². The van der Waals surface area contributed by atoms with E-state index in [1.54, 1.807) is 4.98 Å². The largest absolute Gasteiger partial charge is 0.431 e. The molecule has 8 heteroatoms. The topological polar surface area (TPSA) is 32.9 Å². The summed E-state index contributed by atoms with van der Waals surface area (Å²) >= 11 is 17.5. The average Bonchev–Trinajstić information content (AvgIpc) is 2.32. The molecule has 0 aliphatic rings. The minimum Gasteiger partial charge on any atom is -0.318 e. The fraction of sp³-hybridized carbons (Fsp3) is 0.0833. The summed E-state index contributed by atoms with van der Waals surface area (Å²) in [5.74, 6) is 0. The SMILES string of the molecule is O=c1cc(-c2cc(Cl)c(Cl)cc2Cl)cc(C(F)(F)F)[nH]1. The van der Waals surface area contributed by atoms with E-state index < -0.39 is 17.4 Å². The Labute approximate surface area is 126 Å². The Morgan fingerprint density at radius 1 is 0.900 bits per heavy atom. The first-order valence-electron chi connectivity index (χ1n) is 5.15. The van der Waals surface area contributed by atoms with E-state index >= 15 is 0 Å². The molecule has 106 valence electrons. The number of nitrogens with one attached hydrogen (secondary N) is 1. The van der Waals surface area contributed by atoms with Crippen LogP contribution in [0, 0.1) is 0 Å². The van der Waals surface area contributed by atoms with Gasteiger partial charge in [-0.25, -0.2) is 0 Å². The molecule has 1 N–H and O–H groups in total. The molecule has 2 aromatic rings. The van der Waals surface area contributed by atoms with E-state index in [4.69, 9.17) is 34.8 Å².